The Morgan fingerprint density at radius 2 is 1.63 bits per heavy atom. The molecule has 0 radical (unpaired) electrons. The molecule has 0 aromatic rings. The van der Waals surface area contributed by atoms with Gasteiger partial charge in [-0.3, -0.25) is 4.79 Å². The van der Waals surface area contributed by atoms with Crippen molar-refractivity contribution in [3.63, 3.8) is 0 Å². The van der Waals surface area contributed by atoms with Gasteiger partial charge in [-0.15, -0.1) is 0 Å². The summed E-state index contributed by atoms with van der Waals surface area (Å²) >= 11 is 0. The molecule has 0 saturated carbocycles. The van der Waals surface area contributed by atoms with Gasteiger partial charge in [0.25, 0.3) is 0 Å². The van der Waals surface area contributed by atoms with Gasteiger partial charge in [-0.1, -0.05) is 34.6 Å². The summed E-state index contributed by atoms with van der Waals surface area (Å²) in [6, 6.07) is -0.741. The standard InChI is InChI=1S/C10H20N2O3.2C2H6/c1-3-9(13)12-8(10(14)15)6-4-5-7-11-2;2*1-2/h8,11H,3-7H2,1-2H3,(H,12,13)(H,14,15);2*1-2H3/t8-;;/m0../s1. The van der Waals surface area contributed by atoms with Crippen LogP contribution >= 0.6 is 0 Å². The maximum Gasteiger partial charge on any atom is 0.326 e. The van der Waals surface area contributed by atoms with E-state index in [1.54, 1.807) is 6.92 Å². The molecule has 0 aromatic heterocycles. The first-order valence-electron chi connectivity index (χ1n) is 7.28. The topological polar surface area (TPSA) is 78.4 Å². The number of hydrogen-bond acceptors (Lipinski definition) is 3. The first-order valence-corrected chi connectivity index (χ1v) is 7.28. The second kappa shape index (κ2) is 19.2. The van der Waals surface area contributed by atoms with Gasteiger partial charge >= 0.3 is 5.97 Å². The predicted octanol–water partition coefficient (Wildman–Crippen LogP) is 2.41. The van der Waals surface area contributed by atoms with E-state index >= 15 is 0 Å². The highest BCUT2D eigenvalue weighted by molar-refractivity contribution is 5.83. The Morgan fingerprint density at radius 3 is 2.00 bits per heavy atom. The van der Waals surface area contributed by atoms with Gasteiger partial charge < -0.3 is 15.7 Å². The third-order valence-electron chi connectivity index (χ3n) is 2.12. The zero-order chi connectivity index (χ0) is 15.7. The van der Waals surface area contributed by atoms with Crippen LogP contribution in [0.2, 0.25) is 0 Å². The smallest absolute Gasteiger partial charge is 0.326 e. The van der Waals surface area contributed by atoms with Crippen molar-refractivity contribution in [2.75, 3.05) is 13.6 Å². The van der Waals surface area contributed by atoms with E-state index in [0.717, 1.165) is 19.4 Å². The maximum absolute atomic E-state index is 11.0. The summed E-state index contributed by atoms with van der Waals surface area (Å²) in [5.41, 5.74) is 0. The lowest BCUT2D eigenvalue weighted by molar-refractivity contribution is -0.142. The lowest BCUT2D eigenvalue weighted by atomic mass is 10.1. The van der Waals surface area contributed by atoms with E-state index < -0.39 is 12.0 Å². The number of carbonyl (C=O) groups excluding carboxylic acids is 1. The van der Waals surface area contributed by atoms with Gasteiger partial charge in [-0.25, -0.2) is 4.79 Å². The Bertz CT molecular complexity index is 209. The Balaban J connectivity index is -0.000000579. The van der Waals surface area contributed by atoms with Crippen molar-refractivity contribution in [1.29, 1.82) is 0 Å². The number of rotatable bonds is 8. The van der Waals surface area contributed by atoms with Crippen LogP contribution in [0.4, 0.5) is 0 Å². The number of carbonyl (C=O) groups is 2. The van der Waals surface area contributed by atoms with Crippen molar-refractivity contribution in [3.05, 3.63) is 0 Å². The van der Waals surface area contributed by atoms with Crippen molar-refractivity contribution in [1.82, 2.24) is 10.6 Å². The molecule has 0 unspecified atom stereocenters. The molecule has 5 heteroatoms. The van der Waals surface area contributed by atoms with Crippen molar-refractivity contribution in [2.24, 2.45) is 0 Å². The minimum Gasteiger partial charge on any atom is -0.480 e. The Labute approximate surface area is 118 Å². The number of aliphatic carboxylic acids is 1. The normalized spacial score (nSPS) is 10.2. The highest BCUT2D eigenvalue weighted by Crippen LogP contribution is 2.01. The molecule has 0 saturated heterocycles. The Morgan fingerprint density at radius 1 is 1.11 bits per heavy atom. The predicted molar refractivity (Wildman–Crippen MR) is 80.3 cm³/mol. The minimum absolute atomic E-state index is 0.212. The SMILES string of the molecule is CC.CC.CCC(=O)N[C@@H](CCCCNC)C(=O)O. The number of carboxylic acids is 1. The summed E-state index contributed by atoms with van der Waals surface area (Å²) in [7, 11) is 1.85. The molecule has 1 amide bonds. The number of unbranched alkanes of at least 4 members (excludes halogenated alkanes) is 1. The molecule has 0 aliphatic carbocycles. The van der Waals surface area contributed by atoms with Crippen LogP contribution in [0.5, 0.6) is 0 Å². The maximum atomic E-state index is 11.0. The summed E-state index contributed by atoms with van der Waals surface area (Å²) in [4.78, 5) is 21.8. The molecule has 0 aliphatic heterocycles. The second-order valence-corrected chi connectivity index (χ2v) is 3.41. The van der Waals surface area contributed by atoms with Gasteiger partial charge in [0.2, 0.25) is 5.91 Å². The summed E-state index contributed by atoms with van der Waals surface area (Å²) in [6.07, 6.45) is 2.52. The third-order valence-corrected chi connectivity index (χ3v) is 2.12. The highest BCUT2D eigenvalue weighted by Gasteiger charge is 2.18. The van der Waals surface area contributed by atoms with E-state index in [-0.39, 0.29) is 5.91 Å². The molecular formula is C14H32N2O3. The molecule has 0 aromatic carbocycles. The molecular weight excluding hydrogens is 244 g/mol. The van der Waals surface area contributed by atoms with Crippen LogP contribution in [0.3, 0.4) is 0 Å². The van der Waals surface area contributed by atoms with Crippen LogP contribution in [-0.2, 0) is 9.59 Å². The molecule has 19 heavy (non-hydrogen) atoms. The number of amides is 1. The van der Waals surface area contributed by atoms with E-state index in [2.05, 4.69) is 10.6 Å². The average molecular weight is 276 g/mol. The molecule has 0 rings (SSSR count). The lowest BCUT2D eigenvalue weighted by Gasteiger charge is -2.13. The molecule has 0 aliphatic rings. The van der Waals surface area contributed by atoms with Gasteiger partial charge in [0.1, 0.15) is 6.04 Å². The highest BCUT2D eigenvalue weighted by atomic mass is 16.4. The first-order chi connectivity index (χ1) is 9.11. The largest absolute Gasteiger partial charge is 0.480 e. The molecule has 0 fully saturated rings. The molecule has 5 nitrogen and oxygen atoms in total. The van der Waals surface area contributed by atoms with Crippen molar-refractivity contribution in [2.45, 2.75) is 66.3 Å². The molecule has 1 atom stereocenters. The molecule has 0 spiro atoms. The van der Waals surface area contributed by atoms with E-state index in [1.807, 2.05) is 34.7 Å². The van der Waals surface area contributed by atoms with Gasteiger partial charge in [0, 0.05) is 6.42 Å². The number of nitrogens with one attached hydrogen (secondary N) is 2. The third kappa shape index (κ3) is 16.9. The Kier molecular flexibility index (Phi) is 23.3. The molecule has 0 bridgehead atoms. The van der Waals surface area contributed by atoms with Crippen molar-refractivity contribution < 1.29 is 14.7 Å². The van der Waals surface area contributed by atoms with Crippen molar-refractivity contribution in [3.8, 4) is 0 Å². The summed E-state index contributed by atoms with van der Waals surface area (Å²) in [6.45, 7) is 10.6. The van der Waals surface area contributed by atoms with E-state index in [1.165, 1.54) is 0 Å². The van der Waals surface area contributed by atoms with Crippen LogP contribution < -0.4 is 10.6 Å². The van der Waals surface area contributed by atoms with Crippen molar-refractivity contribution >= 4 is 11.9 Å². The van der Waals surface area contributed by atoms with E-state index in [9.17, 15) is 9.59 Å². The van der Waals surface area contributed by atoms with Gasteiger partial charge in [0.05, 0.1) is 0 Å². The number of carboxylic acid groups (broad SMARTS) is 1. The first kappa shape index (κ1) is 23.0. The zero-order valence-electron chi connectivity index (χ0n) is 13.4. The molecule has 3 N–H and O–H groups in total. The fourth-order valence-electron chi connectivity index (χ4n) is 1.20. The average Bonchev–Trinajstić information content (AvgIpc) is 2.46. The quantitative estimate of drug-likeness (QED) is 0.595. The minimum atomic E-state index is -0.957. The fraction of sp³-hybridized carbons (Fsp3) is 0.857. The van der Waals surface area contributed by atoms with Crippen LogP contribution in [-0.4, -0.2) is 36.6 Å². The molecule has 0 heterocycles. The Hall–Kier alpha value is -1.10. The fourth-order valence-corrected chi connectivity index (χ4v) is 1.20. The van der Waals surface area contributed by atoms with E-state index in [0.29, 0.717) is 12.8 Å². The van der Waals surface area contributed by atoms with E-state index in [4.69, 9.17) is 5.11 Å². The van der Waals surface area contributed by atoms with Crippen LogP contribution in [0.1, 0.15) is 60.3 Å². The zero-order valence-corrected chi connectivity index (χ0v) is 13.4. The lowest BCUT2D eigenvalue weighted by Crippen LogP contribution is -2.40. The van der Waals surface area contributed by atoms with Crippen LogP contribution in [0.15, 0.2) is 0 Å². The monoisotopic (exact) mass is 276 g/mol. The number of hydrogen-bond donors (Lipinski definition) is 3. The van der Waals surface area contributed by atoms with Crippen LogP contribution in [0, 0.1) is 0 Å². The van der Waals surface area contributed by atoms with Gasteiger partial charge in [-0.05, 0) is 32.9 Å². The molecule has 116 valence electrons. The summed E-state index contributed by atoms with van der Waals surface area (Å²) in [5.74, 6) is -1.17. The summed E-state index contributed by atoms with van der Waals surface area (Å²) < 4.78 is 0. The summed E-state index contributed by atoms with van der Waals surface area (Å²) in [5, 5.41) is 14.3. The van der Waals surface area contributed by atoms with Crippen LogP contribution in [0.25, 0.3) is 0 Å². The second-order valence-electron chi connectivity index (χ2n) is 3.41. The van der Waals surface area contributed by atoms with Gasteiger partial charge in [0.15, 0.2) is 0 Å². The van der Waals surface area contributed by atoms with Gasteiger partial charge in [-0.2, -0.15) is 0 Å².